The minimum absolute atomic E-state index is 0.222. The first-order valence-electron chi connectivity index (χ1n) is 7.01. The van der Waals surface area contributed by atoms with Crippen LogP contribution in [-0.2, 0) is 9.47 Å². The SMILES string of the molecule is CCCC(OCC)C(NCC)C1=CCCCO1. The van der Waals surface area contributed by atoms with Crippen LogP contribution < -0.4 is 5.32 Å². The monoisotopic (exact) mass is 241 g/mol. The fourth-order valence-corrected chi connectivity index (χ4v) is 2.27. The van der Waals surface area contributed by atoms with E-state index in [4.69, 9.17) is 9.47 Å². The standard InChI is InChI=1S/C14H27NO2/c1-4-9-12(16-6-3)14(15-5-2)13-10-7-8-11-17-13/h10,12,14-15H,4-9,11H2,1-3H3. The third-order valence-corrected chi connectivity index (χ3v) is 3.02. The molecule has 0 aromatic heterocycles. The van der Waals surface area contributed by atoms with Gasteiger partial charge in [0.05, 0.1) is 18.8 Å². The lowest BCUT2D eigenvalue weighted by Gasteiger charge is -2.31. The van der Waals surface area contributed by atoms with Crippen LogP contribution in [0.15, 0.2) is 11.8 Å². The molecule has 0 radical (unpaired) electrons. The molecule has 1 heterocycles. The fourth-order valence-electron chi connectivity index (χ4n) is 2.27. The molecule has 0 saturated heterocycles. The average Bonchev–Trinajstić information content (AvgIpc) is 2.37. The largest absolute Gasteiger partial charge is 0.496 e. The number of allylic oxidation sites excluding steroid dienone is 1. The van der Waals surface area contributed by atoms with Gasteiger partial charge in [0.2, 0.25) is 0 Å². The van der Waals surface area contributed by atoms with Gasteiger partial charge in [-0.2, -0.15) is 0 Å². The minimum Gasteiger partial charge on any atom is -0.496 e. The Hall–Kier alpha value is -0.540. The normalized spacial score (nSPS) is 19.4. The van der Waals surface area contributed by atoms with Gasteiger partial charge in [0.15, 0.2) is 0 Å². The summed E-state index contributed by atoms with van der Waals surface area (Å²) in [6, 6.07) is 0.222. The maximum absolute atomic E-state index is 5.87. The summed E-state index contributed by atoms with van der Waals surface area (Å²) in [5.74, 6) is 1.09. The number of likely N-dealkylation sites (N-methyl/N-ethyl adjacent to an activating group) is 1. The van der Waals surface area contributed by atoms with Crippen molar-refractivity contribution in [3.8, 4) is 0 Å². The third kappa shape index (κ3) is 4.68. The number of hydrogen-bond donors (Lipinski definition) is 1. The molecule has 0 spiro atoms. The number of rotatable bonds is 8. The highest BCUT2D eigenvalue weighted by Gasteiger charge is 2.26. The van der Waals surface area contributed by atoms with Crippen molar-refractivity contribution in [1.29, 1.82) is 0 Å². The Morgan fingerprint density at radius 1 is 1.41 bits per heavy atom. The van der Waals surface area contributed by atoms with Crippen LogP contribution in [0.2, 0.25) is 0 Å². The van der Waals surface area contributed by atoms with Crippen LogP contribution in [0.3, 0.4) is 0 Å². The molecular weight excluding hydrogens is 214 g/mol. The molecular formula is C14H27NO2. The van der Waals surface area contributed by atoms with E-state index in [1.54, 1.807) is 0 Å². The molecule has 2 unspecified atom stereocenters. The van der Waals surface area contributed by atoms with Crippen molar-refractivity contribution in [3.05, 3.63) is 11.8 Å². The quantitative estimate of drug-likeness (QED) is 0.709. The smallest absolute Gasteiger partial charge is 0.112 e. The molecule has 0 aromatic carbocycles. The highest BCUT2D eigenvalue weighted by molar-refractivity contribution is 5.08. The molecule has 0 fully saturated rings. The predicted molar refractivity (Wildman–Crippen MR) is 71.1 cm³/mol. The zero-order valence-electron chi connectivity index (χ0n) is 11.5. The van der Waals surface area contributed by atoms with Crippen LogP contribution >= 0.6 is 0 Å². The van der Waals surface area contributed by atoms with E-state index in [0.717, 1.165) is 51.2 Å². The molecule has 0 aromatic rings. The average molecular weight is 241 g/mol. The summed E-state index contributed by atoms with van der Waals surface area (Å²) in [6.07, 6.45) is 6.93. The third-order valence-electron chi connectivity index (χ3n) is 3.02. The van der Waals surface area contributed by atoms with Gasteiger partial charge in [-0.15, -0.1) is 0 Å². The number of hydrogen-bond acceptors (Lipinski definition) is 3. The van der Waals surface area contributed by atoms with Crippen molar-refractivity contribution in [2.45, 2.75) is 58.6 Å². The lowest BCUT2D eigenvalue weighted by molar-refractivity contribution is 0.0179. The highest BCUT2D eigenvalue weighted by atomic mass is 16.5. The molecule has 2 atom stereocenters. The molecule has 0 saturated carbocycles. The zero-order chi connectivity index (χ0) is 12.5. The molecule has 100 valence electrons. The molecule has 1 rings (SSSR count). The van der Waals surface area contributed by atoms with Gasteiger partial charge in [-0.25, -0.2) is 0 Å². The van der Waals surface area contributed by atoms with Gasteiger partial charge in [-0.3, -0.25) is 0 Å². The molecule has 1 aliphatic heterocycles. The van der Waals surface area contributed by atoms with Gasteiger partial charge >= 0.3 is 0 Å². The second-order valence-corrected chi connectivity index (χ2v) is 4.42. The summed E-state index contributed by atoms with van der Waals surface area (Å²) in [4.78, 5) is 0. The van der Waals surface area contributed by atoms with E-state index in [1.165, 1.54) is 0 Å². The second kappa shape index (κ2) is 8.54. The van der Waals surface area contributed by atoms with E-state index >= 15 is 0 Å². The Morgan fingerprint density at radius 2 is 2.24 bits per heavy atom. The van der Waals surface area contributed by atoms with Crippen molar-refractivity contribution in [1.82, 2.24) is 5.32 Å². The van der Waals surface area contributed by atoms with Crippen molar-refractivity contribution < 1.29 is 9.47 Å². The summed E-state index contributed by atoms with van der Waals surface area (Å²) in [5.41, 5.74) is 0. The summed E-state index contributed by atoms with van der Waals surface area (Å²) in [7, 11) is 0. The van der Waals surface area contributed by atoms with E-state index in [2.05, 4.69) is 32.2 Å². The Labute approximate surface area is 106 Å². The first-order chi connectivity index (χ1) is 8.33. The van der Waals surface area contributed by atoms with Gasteiger partial charge in [0, 0.05) is 6.61 Å². The van der Waals surface area contributed by atoms with E-state index in [0.29, 0.717) is 0 Å². The van der Waals surface area contributed by atoms with Crippen molar-refractivity contribution >= 4 is 0 Å². The predicted octanol–water partition coefficient (Wildman–Crippen LogP) is 2.86. The van der Waals surface area contributed by atoms with Gasteiger partial charge in [-0.05, 0) is 38.8 Å². The van der Waals surface area contributed by atoms with Gasteiger partial charge in [-0.1, -0.05) is 20.3 Å². The van der Waals surface area contributed by atoms with E-state index in [-0.39, 0.29) is 12.1 Å². The van der Waals surface area contributed by atoms with Crippen LogP contribution in [0.25, 0.3) is 0 Å². The second-order valence-electron chi connectivity index (χ2n) is 4.42. The minimum atomic E-state index is 0.222. The Balaban J connectivity index is 2.68. The van der Waals surface area contributed by atoms with E-state index in [9.17, 15) is 0 Å². The molecule has 0 amide bonds. The summed E-state index contributed by atoms with van der Waals surface area (Å²) in [5, 5.41) is 3.50. The lowest BCUT2D eigenvalue weighted by Crippen LogP contribution is -2.44. The van der Waals surface area contributed by atoms with Crippen LogP contribution in [0.1, 0.15) is 46.5 Å². The fraction of sp³-hybridized carbons (Fsp3) is 0.857. The Morgan fingerprint density at radius 3 is 2.76 bits per heavy atom. The maximum Gasteiger partial charge on any atom is 0.112 e. The van der Waals surface area contributed by atoms with Crippen molar-refractivity contribution in [3.63, 3.8) is 0 Å². The van der Waals surface area contributed by atoms with Crippen LogP contribution in [0.4, 0.5) is 0 Å². The summed E-state index contributed by atoms with van der Waals surface area (Å²) < 4.78 is 11.7. The van der Waals surface area contributed by atoms with Crippen molar-refractivity contribution in [2.24, 2.45) is 0 Å². The Bertz CT molecular complexity index is 222. The maximum atomic E-state index is 5.87. The zero-order valence-corrected chi connectivity index (χ0v) is 11.5. The lowest BCUT2D eigenvalue weighted by atomic mass is 10.0. The van der Waals surface area contributed by atoms with E-state index in [1.807, 2.05) is 0 Å². The van der Waals surface area contributed by atoms with Gasteiger partial charge < -0.3 is 14.8 Å². The first-order valence-corrected chi connectivity index (χ1v) is 7.01. The van der Waals surface area contributed by atoms with Crippen LogP contribution in [-0.4, -0.2) is 31.9 Å². The van der Waals surface area contributed by atoms with Crippen LogP contribution in [0, 0.1) is 0 Å². The van der Waals surface area contributed by atoms with Crippen LogP contribution in [0.5, 0.6) is 0 Å². The molecule has 17 heavy (non-hydrogen) atoms. The summed E-state index contributed by atoms with van der Waals surface area (Å²) >= 11 is 0. The summed E-state index contributed by atoms with van der Waals surface area (Å²) in [6.45, 7) is 8.94. The number of nitrogens with one attached hydrogen (secondary N) is 1. The topological polar surface area (TPSA) is 30.5 Å². The molecule has 3 nitrogen and oxygen atoms in total. The molecule has 1 aliphatic rings. The van der Waals surface area contributed by atoms with Gasteiger partial charge in [0.1, 0.15) is 5.76 Å². The Kier molecular flexibility index (Phi) is 7.29. The molecule has 0 aliphatic carbocycles. The van der Waals surface area contributed by atoms with Gasteiger partial charge in [0.25, 0.3) is 0 Å². The molecule has 0 bridgehead atoms. The molecule has 1 N–H and O–H groups in total. The van der Waals surface area contributed by atoms with E-state index < -0.39 is 0 Å². The molecule has 3 heteroatoms. The number of ether oxygens (including phenoxy) is 2. The van der Waals surface area contributed by atoms with Crippen molar-refractivity contribution in [2.75, 3.05) is 19.8 Å². The highest BCUT2D eigenvalue weighted by Crippen LogP contribution is 2.20. The first kappa shape index (κ1) is 14.5.